The van der Waals surface area contributed by atoms with Crippen LogP contribution in [-0.4, -0.2) is 10.9 Å². The van der Waals surface area contributed by atoms with Gasteiger partial charge in [-0.15, -0.1) is 0 Å². The summed E-state index contributed by atoms with van der Waals surface area (Å²) in [5, 5.41) is 5.93. The number of ketones is 1. The highest BCUT2D eigenvalue weighted by Gasteiger charge is 2.38. The zero-order chi connectivity index (χ0) is 19.8. The summed E-state index contributed by atoms with van der Waals surface area (Å²) >= 11 is 5.21. The minimum absolute atomic E-state index is 0.0383. The van der Waals surface area contributed by atoms with Crippen LogP contribution < -0.4 is 10.6 Å². The minimum Gasteiger partial charge on any atom is -0.351 e. The number of benzene rings is 2. The first kappa shape index (κ1) is 19.1. The molecule has 27 heavy (non-hydrogen) atoms. The SMILES string of the molecule is CC(=O)C1=C(c2ccc(C)cc2)NC(=S)N[C@@H]1c1ccccc1C(F)(F)F. The van der Waals surface area contributed by atoms with Gasteiger partial charge in [0, 0.05) is 5.57 Å². The van der Waals surface area contributed by atoms with Crippen molar-refractivity contribution in [3.63, 3.8) is 0 Å². The first-order valence-corrected chi connectivity index (χ1v) is 8.65. The molecule has 0 spiro atoms. The number of carbonyl (C=O) groups excluding carboxylic acids is 1. The number of nitrogens with one attached hydrogen (secondary N) is 2. The number of rotatable bonds is 3. The molecule has 1 aliphatic heterocycles. The molecule has 0 amide bonds. The van der Waals surface area contributed by atoms with Crippen LogP contribution in [0.4, 0.5) is 13.2 Å². The van der Waals surface area contributed by atoms with Gasteiger partial charge in [0.2, 0.25) is 0 Å². The Morgan fingerprint density at radius 3 is 2.30 bits per heavy atom. The van der Waals surface area contributed by atoms with E-state index < -0.39 is 17.8 Å². The Balaban J connectivity index is 2.24. The van der Waals surface area contributed by atoms with E-state index in [0.29, 0.717) is 11.3 Å². The third-order valence-corrected chi connectivity index (χ3v) is 4.59. The second-order valence-corrected chi connectivity index (χ2v) is 6.74. The fourth-order valence-corrected chi connectivity index (χ4v) is 3.35. The summed E-state index contributed by atoms with van der Waals surface area (Å²) in [6, 6.07) is 11.6. The molecule has 7 heteroatoms. The normalized spacial score (nSPS) is 17.4. The molecule has 0 fully saturated rings. The van der Waals surface area contributed by atoms with Gasteiger partial charge in [-0.1, -0.05) is 48.0 Å². The number of hydrogen-bond donors (Lipinski definition) is 2. The zero-order valence-corrected chi connectivity index (χ0v) is 15.5. The summed E-state index contributed by atoms with van der Waals surface area (Å²) in [6.07, 6.45) is -4.54. The molecule has 0 aliphatic carbocycles. The second kappa shape index (κ2) is 7.15. The van der Waals surface area contributed by atoms with Crippen LogP contribution in [0.5, 0.6) is 0 Å². The lowest BCUT2D eigenvalue weighted by Gasteiger charge is -2.32. The van der Waals surface area contributed by atoms with Gasteiger partial charge in [-0.2, -0.15) is 13.2 Å². The van der Waals surface area contributed by atoms with Gasteiger partial charge in [0.15, 0.2) is 10.9 Å². The van der Waals surface area contributed by atoms with Crippen LogP contribution in [0, 0.1) is 6.92 Å². The highest BCUT2D eigenvalue weighted by molar-refractivity contribution is 7.80. The van der Waals surface area contributed by atoms with Crippen molar-refractivity contribution >= 4 is 28.8 Å². The molecule has 0 unspecified atom stereocenters. The van der Waals surface area contributed by atoms with Crippen LogP contribution in [0.25, 0.3) is 5.70 Å². The van der Waals surface area contributed by atoms with Gasteiger partial charge in [0.25, 0.3) is 0 Å². The fourth-order valence-electron chi connectivity index (χ4n) is 3.13. The molecule has 0 bridgehead atoms. The zero-order valence-electron chi connectivity index (χ0n) is 14.6. The summed E-state index contributed by atoms with van der Waals surface area (Å²) in [4.78, 5) is 12.4. The third kappa shape index (κ3) is 3.88. The standard InChI is InChI=1S/C20H17F3N2OS/c1-11-7-9-13(10-8-11)17-16(12(2)26)18(25-19(27)24-17)14-5-3-4-6-15(14)20(21,22)23/h3-10,18H,1-2H3,(H2,24,25,27)/t18-/m1/s1. The number of alkyl halides is 3. The number of Topliss-reactive ketones (excluding diaryl/α,β-unsaturated/α-hetero) is 1. The van der Waals surface area contributed by atoms with E-state index in [9.17, 15) is 18.0 Å². The lowest BCUT2D eigenvalue weighted by molar-refractivity contribution is -0.138. The Bertz CT molecular complexity index is 933. The Labute approximate surface area is 160 Å². The van der Waals surface area contributed by atoms with Gasteiger partial charge in [-0.25, -0.2) is 0 Å². The van der Waals surface area contributed by atoms with Crippen molar-refractivity contribution in [1.29, 1.82) is 0 Å². The summed E-state index contributed by atoms with van der Waals surface area (Å²) in [5.41, 5.74) is 1.51. The minimum atomic E-state index is -4.54. The van der Waals surface area contributed by atoms with Gasteiger partial charge in [0.1, 0.15) is 0 Å². The number of carbonyl (C=O) groups is 1. The summed E-state index contributed by atoms with van der Waals surface area (Å²) < 4.78 is 40.5. The molecule has 2 aromatic rings. The Hall–Kier alpha value is -2.67. The summed E-state index contributed by atoms with van der Waals surface area (Å²) in [7, 11) is 0. The van der Waals surface area contributed by atoms with Gasteiger partial charge in [-0.05, 0) is 43.3 Å². The van der Waals surface area contributed by atoms with Crippen molar-refractivity contribution in [3.05, 3.63) is 76.4 Å². The van der Waals surface area contributed by atoms with Crippen molar-refractivity contribution in [2.45, 2.75) is 26.1 Å². The quantitative estimate of drug-likeness (QED) is 0.756. The third-order valence-electron chi connectivity index (χ3n) is 4.37. The van der Waals surface area contributed by atoms with Crippen molar-refractivity contribution in [2.75, 3.05) is 0 Å². The first-order valence-electron chi connectivity index (χ1n) is 8.24. The number of thiocarbonyl (C=S) groups is 1. The maximum Gasteiger partial charge on any atom is 0.416 e. The number of hydrogen-bond acceptors (Lipinski definition) is 2. The highest BCUT2D eigenvalue weighted by Crippen LogP contribution is 2.39. The molecule has 2 N–H and O–H groups in total. The molecule has 0 saturated heterocycles. The average Bonchev–Trinajstić information content (AvgIpc) is 2.60. The molecule has 0 saturated carbocycles. The van der Waals surface area contributed by atoms with Crippen LogP contribution in [0.15, 0.2) is 54.1 Å². The van der Waals surface area contributed by atoms with E-state index in [1.54, 1.807) is 12.1 Å². The largest absolute Gasteiger partial charge is 0.416 e. The lowest BCUT2D eigenvalue weighted by Crippen LogP contribution is -2.45. The number of halogens is 3. The van der Waals surface area contributed by atoms with Crippen molar-refractivity contribution in [2.24, 2.45) is 0 Å². The van der Waals surface area contributed by atoms with Crippen LogP contribution in [0.3, 0.4) is 0 Å². The first-order chi connectivity index (χ1) is 12.7. The predicted molar refractivity (Wildman–Crippen MR) is 102 cm³/mol. The van der Waals surface area contributed by atoms with Crippen molar-refractivity contribution < 1.29 is 18.0 Å². The van der Waals surface area contributed by atoms with E-state index in [2.05, 4.69) is 10.6 Å². The fraction of sp³-hybridized carbons (Fsp3) is 0.200. The summed E-state index contributed by atoms with van der Waals surface area (Å²) in [5.74, 6) is -0.338. The van der Waals surface area contributed by atoms with Crippen LogP contribution in [0.2, 0.25) is 0 Å². The Morgan fingerprint density at radius 2 is 1.70 bits per heavy atom. The number of aryl methyl sites for hydroxylation is 1. The van der Waals surface area contributed by atoms with E-state index in [-0.39, 0.29) is 22.0 Å². The Kier molecular flexibility index (Phi) is 5.06. The topological polar surface area (TPSA) is 41.1 Å². The molecular formula is C20H17F3N2OS. The van der Waals surface area contributed by atoms with E-state index in [0.717, 1.165) is 11.6 Å². The van der Waals surface area contributed by atoms with E-state index in [1.807, 2.05) is 19.1 Å². The molecule has 1 heterocycles. The van der Waals surface area contributed by atoms with E-state index in [4.69, 9.17) is 12.2 Å². The predicted octanol–water partition coefficient (Wildman–Crippen LogP) is 4.53. The smallest absolute Gasteiger partial charge is 0.351 e. The van der Waals surface area contributed by atoms with Gasteiger partial charge in [0.05, 0.1) is 17.3 Å². The molecule has 1 atom stereocenters. The van der Waals surface area contributed by atoms with Gasteiger partial charge < -0.3 is 10.6 Å². The van der Waals surface area contributed by atoms with E-state index in [1.165, 1.54) is 25.1 Å². The van der Waals surface area contributed by atoms with Crippen LogP contribution in [0.1, 0.15) is 35.2 Å². The molecule has 3 rings (SSSR count). The molecular weight excluding hydrogens is 373 g/mol. The van der Waals surface area contributed by atoms with E-state index >= 15 is 0 Å². The highest BCUT2D eigenvalue weighted by atomic mass is 32.1. The monoisotopic (exact) mass is 390 g/mol. The second-order valence-electron chi connectivity index (χ2n) is 6.33. The lowest BCUT2D eigenvalue weighted by atomic mass is 9.88. The van der Waals surface area contributed by atoms with Gasteiger partial charge in [-0.3, -0.25) is 4.79 Å². The molecule has 0 radical (unpaired) electrons. The maximum atomic E-state index is 13.5. The van der Waals surface area contributed by atoms with Crippen LogP contribution in [-0.2, 0) is 11.0 Å². The maximum absolute atomic E-state index is 13.5. The molecule has 0 aromatic heterocycles. The average molecular weight is 390 g/mol. The Morgan fingerprint density at radius 1 is 1.07 bits per heavy atom. The van der Waals surface area contributed by atoms with Crippen LogP contribution >= 0.6 is 12.2 Å². The van der Waals surface area contributed by atoms with Crippen molar-refractivity contribution in [3.8, 4) is 0 Å². The molecule has 140 valence electrons. The van der Waals surface area contributed by atoms with Crippen molar-refractivity contribution in [1.82, 2.24) is 10.6 Å². The van der Waals surface area contributed by atoms with Gasteiger partial charge >= 0.3 is 6.18 Å². The molecule has 2 aromatic carbocycles. The molecule has 1 aliphatic rings. The molecule has 3 nitrogen and oxygen atoms in total. The summed E-state index contributed by atoms with van der Waals surface area (Å²) in [6.45, 7) is 3.26.